The van der Waals surface area contributed by atoms with E-state index in [0.717, 1.165) is 21.0 Å². The fraction of sp³-hybridized carbons (Fsp3) is 0.676. The molecule has 2 aliphatic heterocycles. The molecule has 1 N–H and O–H groups in total. The summed E-state index contributed by atoms with van der Waals surface area (Å²) in [7, 11) is -1.60. The van der Waals surface area contributed by atoms with Crippen LogP contribution in [0.1, 0.15) is 54.0 Å². The van der Waals surface area contributed by atoms with E-state index >= 15 is 0 Å². The second-order valence-electron chi connectivity index (χ2n) is 14.0. The third-order valence-electron chi connectivity index (χ3n) is 8.89. The zero-order valence-corrected chi connectivity index (χ0v) is 32.6. The van der Waals surface area contributed by atoms with E-state index in [-0.39, 0.29) is 17.5 Å². The summed E-state index contributed by atoms with van der Waals surface area (Å²) >= 11 is 0. The minimum atomic E-state index is -2.70. The Morgan fingerprint density at radius 1 is 0.868 bits per heavy atom. The average molecular weight is 767 g/mol. The van der Waals surface area contributed by atoms with Crippen molar-refractivity contribution in [3.8, 4) is 0 Å². The third-order valence-corrected chi connectivity index (χ3v) is 13.4. The SMILES string of the molecule is COC(=O)C1O[C@H](OC(C)=N)C(OC(C)=O)[C@H](OCc2ccccc2)[C@H]1O[C@@H]1OC(COC(C)=O)[C@H](O[Si](C)(C)C(C)(C)C)C(OC(C)=O)[C@@H]1N=[N+]=[N-]. The normalized spacial score (nSPS) is 28.8. The van der Waals surface area contributed by atoms with Crippen molar-refractivity contribution in [2.45, 2.75) is 135 Å². The molecule has 0 aromatic heterocycles. The van der Waals surface area contributed by atoms with Crippen LogP contribution in [0.3, 0.4) is 0 Å². The summed E-state index contributed by atoms with van der Waals surface area (Å²) in [4.78, 5) is 53.5. The van der Waals surface area contributed by atoms with Gasteiger partial charge in [-0.25, -0.2) is 4.79 Å². The summed E-state index contributed by atoms with van der Waals surface area (Å²) in [6, 6.07) is 7.45. The fourth-order valence-electron chi connectivity index (χ4n) is 5.47. The Morgan fingerprint density at radius 3 is 2.02 bits per heavy atom. The number of ether oxygens (including phenoxy) is 9. The van der Waals surface area contributed by atoms with Gasteiger partial charge in [0, 0.05) is 32.6 Å². The lowest BCUT2D eigenvalue weighted by Gasteiger charge is -2.50. The summed E-state index contributed by atoms with van der Waals surface area (Å²) in [5.41, 5.74) is 10.5. The average Bonchev–Trinajstić information content (AvgIpc) is 3.06. The standard InChI is InChI=1S/C34H50N4O14Si/c1-18(35)46-33-30(48-21(4)41)27(45-16-22-14-12-11-13-15-22)28(29(51-33)31(42)43-8)50-32-24(37-38-36)26(47-20(3)40)25(23(49-32)17-44-19(2)39)52-53(9,10)34(5,6)7/h11-15,23-30,32-33,35H,16-17H2,1-10H3/t23?,24-,25-,26?,27+,28+,29?,30?,32-,33-/m0/s1. The molecule has 10 atom stereocenters. The van der Waals surface area contributed by atoms with Crippen LogP contribution in [0.2, 0.25) is 18.1 Å². The van der Waals surface area contributed by atoms with Crippen LogP contribution in [-0.4, -0.2) is 113 Å². The molecule has 0 bridgehead atoms. The molecule has 19 heteroatoms. The number of hydrogen-bond donors (Lipinski definition) is 1. The summed E-state index contributed by atoms with van der Waals surface area (Å²) in [5, 5.41) is 11.5. The molecule has 3 rings (SSSR count). The Morgan fingerprint density at radius 2 is 1.49 bits per heavy atom. The molecule has 2 saturated heterocycles. The van der Waals surface area contributed by atoms with Gasteiger partial charge in [-0.3, -0.25) is 19.8 Å². The first-order chi connectivity index (χ1) is 24.8. The van der Waals surface area contributed by atoms with Crippen molar-refractivity contribution >= 4 is 38.1 Å². The molecule has 0 aliphatic carbocycles. The molecule has 18 nitrogen and oxygen atoms in total. The number of methoxy groups -OCH3 is 1. The number of carbonyl (C=O) groups excluding carboxylic acids is 4. The highest BCUT2D eigenvalue weighted by atomic mass is 28.4. The molecule has 1 aromatic rings. The van der Waals surface area contributed by atoms with Crippen LogP contribution in [0, 0.1) is 5.41 Å². The van der Waals surface area contributed by atoms with Crippen molar-refractivity contribution in [1.29, 1.82) is 5.41 Å². The molecule has 2 fully saturated rings. The molecule has 2 aliphatic rings. The predicted molar refractivity (Wildman–Crippen MR) is 186 cm³/mol. The van der Waals surface area contributed by atoms with E-state index in [2.05, 4.69) is 10.0 Å². The van der Waals surface area contributed by atoms with Crippen molar-refractivity contribution < 1.29 is 66.2 Å². The summed E-state index contributed by atoms with van der Waals surface area (Å²) in [6.07, 6.45) is -12.9. The lowest BCUT2D eigenvalue weighted by Crippen LogP contribution is -2.67. The maximum absolute atomic E-state index is 13.4. The van der Waals surface area contributed by atoms with Gasteiger partial charge < -0.3 is 47.1 Å². The van der Waals surface area contributed by atoms with E-state index < -0.39 is 100 Å². The molecule has 2 heterocycles. The highest BCUT2D eigenvalue weighted by Gasteiger charge is 2.58. The zero-order valence-electron chi connectivity index (χ0n) is 31.6. The van der Waals surface area contributed by atoms with E-state index in [9.17, 15) is 24.7 Å². The van der Waals surface area contributed by atoms with Crippen molar-refractivity contribution in [2.24, 2.45) is 5.11 Å². The molecule has 0 spiro atoms. The molecule has 4 unspecified atom stereocenters. The Kier molecular flexibility index (Phi) is 15.3. The van der Waals surface area contributed by atoms with Gasteiger partial charge in [0.2, 0.25) is 6.29 Å². The number of carbonyl (C=O) groups is 4. The lowest BCUT2D eigenvalue weighted by molar-refractivity contribution is -0.337. The van der Waals surface area contributed by atoms with Crippen LogP contribution in [0.25, 0.3) is 10.4 Å². The van der Waals surface area contributed by atoms with Crippen LogP contribution in [0.15, 0.2) is 35.4 Å². The van der Waals surface area contributed by atoms with Gasteiger partial charge in [-0.15, -0.1) is 0 Å². The summed E-state index contributed by atoms with van der Waals surface area (Å²) < 4.78 is 59.2. The maximum atomic E-state index is 13.4. The zero-order chi connectivity index (χ0) is 39.7. The Hall–Kier alpha value is -4.10. The largest absolute Gasteiger partial charge is 0.467 e. The first-order valence-corrected chi connectivity index (χ1v) is 19.8. The quantitative estimate of drug-likeness (QED) is 0.0411. The van der Waals surface area contributed by atoms with Crippen LogP contribution < -0.4 is 0 Å². The second-order valence-corrected chi connectivity index (χ2v) is 18.8. The van der Waals surface area contributed by atoms with Gasteiger partial charge in [0.05, 0.1) is 13.7 Å². The Bertz CT molecular complexity index is 1500. The van der Waals surface area contributed by atoms with E-state index in [0.29, 0.717) is 5.56 Å². The van der Waals surface area contributed by atoms with Crippen molar-refractivity contribution in [3.05, 3.63) is 46.3 Å². The van der Waals surface area contributed by atoms with E-state index in [4.69, 9.17) is 52.5 Å². The highest BCUT2D eigenvalue weighted by molar-refractivity contribution is 6.74. The van der Waals surface area contributed by atoms with Gasteiger partial charge in [-0.1, -0.05) is 56.2 Å². The van der Waals surface area contributed by atoms with Gasteiger partial charge in [0.25, 0.3) is 0 Å². The predicted octanol–water partition coefficient (Wildman–Crippen LogP) is 4.09. The van der Waals surface area contributed by atoms with Gasteiger partial charge in [0.15, 0.2) is 32.7 Å². The van der Waals surface area contributed by atoms with E-state index in [1.807, 2.05) is 33.9 Å². The minimum absolute atomic E-state index is 0.0911. The second kappa shape index (κ2) is 18.8. The first-order valence-electron chi connectivity index (χ1n) is 16.9. The third kappa shape index (κ3) is 11.7. The maximum Gasteiger partial charge on any atom is 0.338 e. The molecule has 0 radical (unpaired) electrons. The number of rotatable bonds is 14. The number of benzene rings is 1. The van der Waals surface area contributed by atoms with Gasteiger partial charge in [0.1, 0.15) is 43.2 Å². The molecule has 53 heavy (non-hydrogen) atoms. The van der Waals surface area contributed by atoms with Crippen molar-refractivity contribution in [1.82, 2.24) is 0 Å². The topological polar surface area (TPSA) is 233 Å². The number of hydrogen-bond acceptors (Lipinski definition) is 16. The number of nitrogens with zero attached hydrogens (tertiary/aromatic N) is 3. The highest BCUT2D eigenvalue weighted by Crippen LogP contribution is 2.41. The Balaban J connectivity index is 2.21. The van der Waals surface area contributed by atoms with Crippen LogP contribution >= 0.6 is 0 Å². The van der Waals surface area contributed by atoms with E-state index in [1.54, 1.807) is 30.3 Å². The molecule has 0 amide bonds. The van der Waals surface area contributed by atoms with Crippen LogP contribution in [0.5, 0.6) is 0 Å². The summed E-state index contributed by atoms with van der Waals surface area (Å²) in [5.74, 6) is -3.47. The molecule has 0 saturated carbocycles. The molecule has 294 valence electrons. The Labute approximate surface area is 309 Å². The fourth-order valence-corrected chi connectivity index (χ4v) is 6.79. The van der Waals surface area contributed by atoms with Crippen molar-refractivity contribution in [3.63, 3.8) is 0 Å². The molecular formula is C34H50N4O14Si. The lowest BCUT2D eigenvalue weighted by atomic mass is 9.95. The van der Waals surface area contributed by atoms with Crippen LogP contribution in [-0.2, 0) is 72.8 Å². The molecular weight excluding hydrogens is 716 g/mol. The van der Waals surface area contributed by atoms with Crippen LogP contribution in [0.4, 0.5) is 0 Å². The monoisotopic (exact) mass is 766 g/mol. The number of esters is 4. The molecule has 1 aromatic carbocycles. The summed E-state index contributed by atoms with van der Waals surface area (Å²) in [6.45, 7) is 14.2. The van der Waals surface area contributed by atoms with Gasteiger partial charge in [-0.05, 0) is 29.2 Å². The van der Waals surface area contributed by atoms with E-state index in [1.165, 1.54) is 13.8 Å². The van der Waals surface area contributed by atoms with Gasteiger partial charge >= 0.3 is 23.9 Å². The minimum Gasteiger partial charge on any atom is -0.467 e. The van der Waals surface area contributed by atoms with Crippen molar-refractivity contribution in [2.75, 3.05) is 13.7 Å². The number of nitrogens with one attached hydrogen (secondary N) is 1. The smallest absolute Gasteiger partial charge is 0.338 e. The first kappa shape index (κ1) is 43.3. The number of azide groups is 1. The van der Waals surface area contributed by atoms with Gasteiger partial charge in [-0.2, -0.15) is 0 Å².